The van der Waals surface area contributed by atoms with E-state index in [0.29, 0.717) is 16.5 Å². The molecule has 152 valence electrons. The molecule has 0 bridgehead atoms. The van der Waals surface area contributed by atoms with E-state index in [0.717, 1.165) is 11.5 Å². The van der Waals surface area contributed by atoms with Gasteiger partial charge < -0.3 is 4.74 Å². The number of hydrogen-bond acceptors (Lipinski definition) is 6. The van der Waals surface area contributed by atoms with E-state index in [1.165, 1.54) is 23.9 Å². The van der Waals surface area contributed by atoms with E-state index in [4.69, 9.17) is 4.74 Å². The Balaban J connectivity index is 1.86. The number of nitrogens with zero attached hydrogens (tertiary/aromatic N) is 4. The van der Waals surface area contributed by atoms with Gasteiger partial charge in [0.25, 0.3) is 0 Å². The maximum Gasteiger partial charge on any atom is 0.196 e. The fourth-order valence-corrected chi connectivity index (χ4v) is 3.55. The lowest BCUT2D eigenvalue weighted by Crippen LogP contribution is -2.20. The Morgan fingerprint density at radius 3 is 2.38 bits per heavy atom. The van der Waals surface area contributed by atoms with E-state index < -0.39 is 0 Å². The van der Waals surface area contributed by atoms with Crippen LogP contribution in [0.2, 0.25) is 0 Å². The lowest BCUT2D eigenvalue weighted by atomic mass is 10.1. The van der Waals surface area contributed by atoms with Crippen molar-refractivity contribution < 1.29 is 13.9 Å². The minimum absolute atomic E-state index is 0.0146. The first-order chi connectivity index (χ1) is 13.9. The van der Waals surface area contributed by atoms with Crippen LogP contribution in [-0.4, -0.2) is 52.4 Å². The van der Waals surface area contributed by atoms with E-state index in [-0.39, 0.29) is 23.4 Å². The molecule has 0 aliphatic carbocycles. The van der Waals surface area contributed by atoms with Gasteiger partial charge in [-0.2, -0.15) is 0 Å². The smallest absolute Gasteiger partial charge is 0.196 e. The van der Waals surface area contributed by atoms with Gasteiger partial charge in [0.05, 0.1) is 18.9 Å². The summed E-state index contributed by atoms with van der Waals surface area (Å²) in [4.78, 5) is 14.6. The van der Waals surface area contributed by atoms with Crippen molar-refractivity contribution in [3.8, 4) is 11.4 Å². The fourth-order valence-electron chi connectivity index (χ4n) is 2.70. The van der Waals surface area contributed by atoms with Gasteiger partial charge in [-0.05, 0) is 69.6 Å². The second kappa shape index (κ2) is 9.19. The van der Waals surface area contributed by atoms with Gasteiger partial charge in [-0.15, -0.1) is 10.2 Å². The van der Waals surface area contributed by atoms with Crippen LogP contribution in [0.15, 0.2) is 53.7 Å². The van der Waals surface area contributed by atoms with Crippen molar-refractivity contribution in [2.45, 2.75) is 18.1 Å². The molecule has 0 aliphatic rings. The molecule has 0 spiro atoms. The average molecular weight is 415 g/mol. The van der Waals surface area contributed by atoms with Crippen LogP contribution in [0.5, 0.6) is 5.75 Å². The van der Waals surface area contributed by atoms with Gasteiger partial charge in [0.15, 0.2) is 16.8 Å². The largest absolute Gasteiger partial charge is 0.497 e. The average Bonchev–Trinajstić information content (AvgIpc) is 3.15. The molecule has 3 rings (SSSR count). The number of thioether (sulfide) groups is 1. The van der Waals surface area contributed by atoms with E-state index in [1.54, 1.807) is 43.5 Å². The molecule has 0 saturated carbocycles. The molecule has 1 heterocycles. The molecule has 0 N–H and O–H groups in total. The van der Waals surface area contributed by atoms with Crippen molar-refractivity contribution in [2.24, 2.45) is 0 Å². The summed E-state index contributed by atoms with van der Waals surface area (Å²) >= 11 is 1.31. The van der Waals surface area contributed by atoms with Crippen LogP contribution in [0.4, 0.5) is 4.39 Å². The molecule has 0 radical (unpaired) electrons. The molecule has 2 aromatic carbocycles. The van der Waals surface area contributed by atoms with Crippen LogP contribution < -0.4 is 4.74 Å². The predicted octanol–water partition coefficient (Wildman–Crippen LogP) is 4.01. The highest BCUT2D eigenvalue weighted by atomic mass is 32.2. The van der Waals surface area contributed by atoms with E-state index in [2.05, 4.69) is 10.2 Å². The van der Waals surface area contributed by atoms with E-state index in [9.17, 15) is 9.18 Å². The van der Waals surface area contributed by atoms with Gasteiger partial charge in [-0.3, -0.25) is 14.3 Å². The Bertz CT molecular complexity index is 971. The van der Waals surface area contributed by atoms with Crippen molar-refractivity contribution >= 4 is 17.5 Å². The van der Waals surface area contributed by atoms with Crippen LogP contribution in [0, 0.1) is 5.82 Å². The summed E-state index contributed by atoms with van der Waals surface area (Å²) in [6.07, 6.45) is 0. The maximum absolute atomic E-state index is 13.4. The Morgan fingerprint density at radius 1 is 1.14 bits per heavy atom. The lowest BCUT2D eigenvalue weighted by molar-refractivity contribution is 0.102. The number of hydrogen-bond donors (Lipinski definition) is 0. The topological polar surface area (TPSA) is 60.2 Å². The van der Waals surface area contributed by atoms with Crippen molar-refractivity contribution in [3.05, 3.63) is 65.7 Å². The molecular formula is C21H23FN4O2S. The van der Waals surface area contributed by atoms with Gasteiger partial charge in [-0.1, -0.05) is 11.8 Å². The number of halogens is 1. The molecule has 0 fully saturated rings. The number of Topliss-reactive ketones (excluding diaryl/α,β-unsaturated/α-hetero) is 1. The second-order valence-electron chi connectivity index (χ2n) is 6.73. The molecule has 0 saturated heterocycles. The minimum atomic E-state index is -0.312. The van der Waals surface area contributed by atoms with Crippen LogP contribution in [0.25, 0.3) is 5.69 Å². The van der Waals surface area contributed by atoms with E-state index >= 15 is 0 Å². The third-order valence-corrected chi connectivity index (χ3v) is 5.56. The highest BCUT2D eigenvalue weighted by molar-refractivity contribution is 7.99. The first kappa shape index (κ1) is 21.0. The second-order valence-corrected chi connectivity index (χ2v) is 7.68. The van der Waals surface area contributed by atoms with Gasteiger partial charge in [0.1, 0.15) is 11.6 Å². The van der Waals surface area contributed by atoms with Gasteiger partial charge in [0.2, 0.25) is 0 Å². The predicted molar refractivity (Wildman–Crippen MR) is 111 cm³/mol. The zero-order valence-electron chi connectivity index (χ0n) is 16.8. The van der Waals surface area contributed by atoms with Crippen molar-refractivity contribution in [1.29, 1.82) is 0 Å². The molecule has 29 heavy (non-hydrogen) atoms. The van der Waals surface area contributed by atoms with Crippen LogP contribution in [-0.2, 0) is 0 Å². The summed E-state index contributed by atoms with van der Waals surface area (Å²) in [6.45, 7) is 2.01. The Morgan fingerprint density at radius 2 is 1.79 bits per heavy atom. The summed E-state index contributed by atoms with van der Waals surface area (Å²) in [5.74, 6) is 1.30. The Kier molecular flexibility index (Phi) is 6.66. The fraction of sp³-hybridized carbons (Fsp3) is 0.286. The Hall–Kier alpha value is -2.71. The summed E-state index contributed by atoms with van der Waals surface area (Å²) < 4.78 is 20.4. The quantitative estimate of drug-likeness (QED) is 0.410. The maximum atomic E-state index is 13.4. The van der Waals surface area contributed by atoms with Crippen molar-refractivity contribution in [2.75, 3.05) is 27.0 Å². The summed E-state index contributed by atoms with van der Waals surface area (Å²) in [6, 6.07) is 13.1. The summed E-state index contributed by atoms with van der Waals surface area (Å²) in [5, 5.41) is 9.22. The zero-order chi connectivity index (χ0) is 21.0. The molecule has 6 nitrogen and oxygen atoms in total. The number of aromatic nitrogens is 3. The number of rotatable bonds is 8. The zero-order valence-corrected chi connectivity index (χ0v) is 17.6. The lowest BCUT2D eigenvalue weighted by Gasteiger charge is -2.20. The summed E-state index contributed by atoms with van der Waals surface area (Å²) in [5.41, 5.74) is 1.35. The van der Waals surface area contributed by atoms with Crippen molar-refractivity contribution in [1.82, 2.24) is 19.7 Å². The molecule has 3 aromatic rings. The molecule has 0 aliphatic heterocycles. The summed E-state index contributed by atoms with van der Waals surface area (Å²) in [7, 11) is 5.49. The monoisotopic (exact) mass is 414 g/mol. The number of ether oxygens (including phenoxy) is 1. The third-order valence-electron chi connectivity index (χ3n) is 4.64. The Labute approximate surface area is 173 Å². The molecule has 0 unspecified atom stereocenters. The van der Waals surface area contributed by atoms with Crippen molar-refractivity contribution in [3.63, 3.8) is 0 Å². The van der Waals surface area contributed by atoms with Crippen LogP contribution in [0.1, 0.15) is 29.1 Å². The third kappa shape index (κ3) is 4.83. The highest BCUT2D eigenvalue weighted by Crippen LogP contribution is 2.27. The number of carbonyl (C=O) groups is 1. The van der Waals surface area contributed by atoms with Gasteiger partial charge in [0, 0.05) is 11.3 Å². The normalized spacial score (nSPS) is 12.2. The van der Waals surface area contributed by atoms with Gasteiger partial charge in [-0.25, -0.2) is 4.39 Å². The minimum Gasteiger partial charge on any atom is -0.497 e. The first-order valence-corrected chi connectivity index (χ1v) is 10.1. The SMILES string of the molecule is COc1ccc(C(=O)CSc2nnc([C@@H](C)N(C)C)n2-c2ccc(F)cc2)cc1. The van der Waals surface area contributed by atoms with Crippen LogP contribution in [0.3, 0.4) is 0 Å². The van der Waals surface area contributed by atoms with Gasteiger partial charge >= 0.3 is 0 Å². The molecule has 1 atom stereocenters. The molecule has 0 amide bonds. The molecular weight excluding hydrogens is 391 g/mol. The number of carbonyl (C=O) groups excluding carboxylic acids is 1. The molecule has 8 heteroatoms. The van der Waals surface area contributed by atoms with Crippen LogP contribution >= 0.6 is 11.8 Å². The highest BCUT2D eigenvalue weighted by Gasteiger charge is 2.21. The number of ketones is 1. The first-order valence-electron chi connectivity index (χ1n) is 9.08. The van der Waals surface area contributed by atoms with E-state index in [1.807, 2.05) is 30.5 Å². The molecule has 1 aromatic heterocycles. The number of benzene rings is 2. The number of methoxy groups -OCH3 is 1. The standard InChI is InChI=1S/C21H23FN4O2S/c1-14(25(2)3)20-23-24-21(26(20)17-9-7-16(22)8-10-17)29-13-19(27)15-5-11-18(28-4)12-6-15/h5-12,14H,13H2,1-4H3/t14-/m1/s1.